The fourth-order valence-corrected chi connectivity index (χ4v) is 3.74. The molecule has 6 nitrogen and oxygen atoms in total. The summed E-state index contributed by atoms with van der Waals surface area (Å²) in [6, 6.07) is 0. The number of sulfonamides is 1. The number of likely N-dealkylation sites (tertiary alicyclic amines) is 1. The fourth-order valence-electron chi connectivity index (χ4n) is 2.87. The van der Waals surface area contributed by atoms with E-state index in [1.165, 1.54) is 25.5 Å². The van der Waals surface area contributed by atoms with Crippen molar-refractivity contribution < 1.29 is 8.42 Å². The predicted octanol–water partition coefficient (Wildman–Crippen LogP) is 0.459. The standard InChI is InChI=1S/C13H26N4O2S/c1-20(18,19)17-9-5-12(6-10-17)11-15-13(14)16-7-3-2-4-8-16/h12H,2-11H2,1H3,(H2,14,15). The van der Waals surface area contributed by atoms with Crippen molar-refractivity contribution in [2.45, 2.75) is 32.1 Å². The summed E-state index contributed by atoms with van der Waals surface area (Å²) >= 11 is 0. The summed E-state index contributed by atoms with van der Waals surface area (Å²) in [6.07, 6.45) is 6.72. The lowest BCUT2D eigenvalue weighted by Crippen LogP contribution is -2.42. The molecule has 0 aromatic heterocycles. The molecule has 2 N–H and O–H groups in total. The summed E-state index contributed by atoms with van der Waals surface area (Å²) in [5.74, 6) is 1.12. The molecular weight excluding hydrogens is 276 g/mol. The molecule has 2 rings (SSSR count). The number of nitrogens with two attached hydrogens (primary N) is 1. The molecule has 20 heavy (non-hydrogen) atoms. The second-order valence-corrected chi connectivity index (χ2v) is 7.83. The first-order valence-electron chi connectivity index (χ1n) is 7.47. The third kappa shape index (κ3) is 4.34. The molecule has 2 aliphatic heterocycles. The minimum Gasteiger partial charge on any atom is -0.370 e. The average molecular weight is 302 g/mol. The Morgan fingerprint density at radius 1 is 1.15 bits per heavy atom. The summed E-state index contributed by atoms with van der Waals surface area (Å²) in [5, 5.41) is 0. The highest BCUT2D eigenvalue weighted by Crippen LogP contribution is 2.19. The van der Waals surface area contributed by atoms with E-state index in [-0.39, 0.29) is 0 Å². The van der Waals surface area contributed by atoms with E-state index in [1.54, 1.807) is 4.31 Å². The Balaban J connectivity index is 1.77. The minimum atomic E-state index is -3.03. The maximum absolute atomic E-state index is 11.4. The second kappa shape index (κ2) is 6.76. The first kappa shape index (κ1) is 15.6. The van der Waals surface area contributed by atoms with Crippen LogP contribution in [0.1, 0.15) is 32.1 Å². The van der Waals surface area contributed by atoms with Crippen molar-refractivity contribution in [1.29, 1.82) is 0 Å². The molecule has 2 aliphatic rings. The molecule has 0 radical (unpaired) electrons. The topological polar surface area (TPSA) is 79.0 Å². The maximum atomic E-state index is 11.4. The quantitative estimate of drug-likeness (QED) is 0.607. The van der Waals surface area contributed by atoms with E-state index in [4.69, 9.17) is 5.73 Å². The van der Waals surface area contributed by atoms with Crippen LogP contribution < -0.4 is 5.73 Å². The Hall–Kier alpha value is -0.820. The van der Waals surface area contributed by atoms with Crippen molar-refractivity contribution in [3.63, 3.8) is 0 Å². The van der Waals surface area contributed by atoms with Gasteiger partial charge in [-0.05, 0) is 38.0 Å². The van der Waals surface area contributed by atoms with Crippen LogP contribution in [0.4, 0.5) is 0 Å². The zero-order valence-corrected chi connectivity index (χ0v) is 13.1. The number of piperidine rings is 2. The van der Waals surface area contributed by atoms with Crippen LogP contribution >= 0.6 is 0 Å². The number of guanidine groups is 1. The summed E-state index contributed by atoms with van der Waals surface area (Å²) in [6.45, 7) is 3.98. The summed E-state index contributed by atoms with van der Waals surface area (Å²) in [4.78, 5) is 6.67. The van der Waals surface area contributed by atoms with Crippen molar-refractivity contribution in [3.05, 3.63) is 0 Å². The molecule has 0 amide bonds. The molecule has 2 heterocycles. The van der Waals surface area contributed by atoms with Crippen molar-refractivity contribution >= 4 is 16.0 Å². The lowest BCUT2D eigenvalue weighted by Gasteiger charge is -2.30. The number of rotatable bonds is 3. The van der Waals surface area contributed by atoms with Gasteiger partial charge in [-0.2, -0.15) is 0 Å². The van der Waals surface area contributed by atoms with Crippen molar-refractivity contribution in [2.24, 2.45) is 16.6 Å². The van der Waals surface area contributed by atoms with Crippen LogP contribution in [0.5, 0.6) is 0 Å². The Labute approximate surface area is 122 Å². The maximum Gasteiger partial charge on any atom is 0.211 e. The highest BCUT2D eigenvalue weighted by Gasteiger charge is 2.24. The molecule has 2 fully saturated rings. The zero-order valence-electron chi connectivity index (χ0n) is 12.3. The summed E-state index contributed by atoms with van der Waals surface area (Å²) < 4.78 is 24.4. The number of hydrogen-bond acceptors (Lipinski definition) is 3. The summed E-state index contributed by atoms with van der Waals surface area (Å²) in [7, 11) is -3.03. The van der Waals surface area contributed by atoms with Gasteiger partial charge in [-0.25, -0.2) is 12.7 Å². The van der Waals surface area contributed by atoms with Crippen LogP contribution in [0.2, 0.25) is 0 Å². The highest BCUT2D eigenvalue weighted by atomic mass is 32.2. The van der Waals surface area contributed by atoms with Crippen molar-refractivity contribution in [3.8, 4) is 0 Å². The van der Waals surface area contributed by atoms with Gasteiger partial charge in [-0.3, -0.25) is 4.99 Å². The van der Waals surface area contributed by atoms with Gasteiger partial charge in [0.25, 0.3) is 0 Å². The first-order chi connectivity index (χ1) is 9.47. The molecule has 7 heteroatoms. The van der Waals surface area contributed by atoms with E-state index in [0.717, 1.165) is 32.5 Å². The van der Waals surface area contributed by atoms with Crippen LogP contribution in [0.3, 0.4) is 0 Å². The van der Waals surface area contributed by atoms with Crippen LogP contribution in [-0.2, 0) is 10.0 Å². The van der Waals surface area contributed by atoms with E-state index < -0.39 is 10.0 Å². The molecule has 0 atom stereocenters. The largest absolute Gasteiger partial charge is 0.370 e. The molecule has 0 bridgehead atoms. The van der Waals surface area contributed by atoms with Gasteiger partial charge in [0, 0.05) is 32.7 Å². The number of nitrogens with zero attached hydrogens (tertiary/aromatic N) is 3. The molecule has 0 aliphatic carbocycles. The lowest BCUT2D eigenvalue weighted by molar-refractivity contribution is 0.278. The molecule has 2 saturated heterocycles. The molecule has 0 saturated carbocycles. The van der Waals surface area contributed by atoms with E-state index in [1.807, 2.05) is 0 Å². The first-order valence-corrected chi connectivity index (χ1v) is 9.31. The normalized spacial score (nSPS) is 24.1. The predicted molar refractivity (Wildman–Crippen MR) is 81.1 cm³/mol. The summed E-state index contributed by atoms with van der Waals surface area (Å²) in [5.41, 5.74) is 6.03. The van der Waals surface area contributed by atoms with E-state index in [0.29, 0.717) is 25.0 Å². The highest BCUT2D eigenvalue weighted by molar-refractivity contribution is 7.88. The lowest BCUT2D eigenvalue weighted by atomic mass is 9.98. The number of aliphatic imine (C=N–C) groups is 1. The van der Waals surface area contributed by atoms with Crippen molar-refractivity contribution in [1.82, 2.24) is 9.21 Å². The fraction of sp³-hybridized carbons (Fsp3) is 0.923. The molecular formula is C13H26N4O2S. The van der Waals surface area contributed by atoms with Gasteiger partial charge in [-0.15, -0.1) is 0 Å². The van der Waals surface area contributed by atoms with Crippen LogP contribution in [0, 0.1) is 5.92 Å². The van der Waals surface area contributed by atoms with Gasteiger partial charge in [-0.1, -0.05) is 0 Å². The zero-order chi connectivity index (χ0) is 14.6. The average Bonchev–Trinajstić information content (AvgIpc) is 2.45. The van der Waals surface area contributed by atoms with Crippen molar-refractivity contribution in [2.75, 3.05) is 39.0 Å². The van der Waals surface area contributed by atoms with Crippen LogP contribution in [0.15, 0.2) is 4.99 Å². The van der Waals surface area contributed by atoms with E-state index in [9.17, 15) is 8.42 Å². The molecule has 0 spiro atoms. The minimum absolute atomic E-state index is 0.455. The van der Waals surface area contributed by atoms with E-state index >= 15 is 0 Å². The van der Waals surface area contributed by atoms with Gasteiger partial charge in [0.1, 0.15) is 0 Å². The third-order valence-electron chi connectivity index (χ3n) is 4.23. The van der Waals surface area contributed by atoms with Gasteiger partial charge in [0.2, 0.25) is 10.0 Å². The van der Waals surface area contributed by atoms with Gasteiger partial charge in [0.15, 0.2) is 5.96 Å². The Morgan fingerprint density at radius 2 is 1.75 bits per heavy atom. The second-order valence-electron chi connectivity index (χ2n) is 5.85. The van der Waals surface area contributed by atoms with E-state index in [2.05, 4.69) is 9.89 Å². The smallest absolute Gasteiger partial charge is 0.211 e. The Bertz CT molecular complexity index is 435. The molecule has 116 valence electrons. The Kier molecular flexibility index (Phi) is 5.26. The molecule has 0 unspecified atom stereocenters. The molecule has 0 aromatic carbocycles. The third-order valence-corrected chi connectivity index (χ3v) is 5.54. The monoisotopic (exact) mass is 302 g/mol. The van der Waals surface area contributed by atoms with Crippen LogP contribution in [-0.4, -0.2) is 62.6 Å². The van der Waals surface area contributed by atoms with Gasteiger partial charge < -0.3 is 10.6 Å². The van der Waals surface area contributed by atoms with Gasteiger partial charge in [0.05, 0.1) is 6.26 Å². The molecule has 0 aromatic rings. The number of hydrogen-bond donors (Lipinski definition) is 1. The Morgan fingerprint density at radius 3 is 2.30 bits per heavy atom. The SMILES string of the molecule is CS(=O)(=O)N1CCC(CN=C(N)N2CCCCC2)CC1. The van der Waals surface area contributed by atoms with Crippen LogP contribution in [0.25, 0.3) is 0 Å². The van der Waals surface area contributed by atoms with Gasteiger partial charge >= 0.3 is 0 Å².